The Labute approximate surface area is 136 Å². The van der Waals surface area contributed by atoms with Gasteiger partial charge in [-0.05, 0) is 50.2 Å². The van der Waals surface area contributed by atoms with Crippen molar-refractivity contribution in [1.29, 1.82) is 0 Å². The summed E-state index contributed by atoms with van der Waals surface area (Å²) in [4.78, 5) is 4.59. The molecule has 0 saturated carbocycles. The van der Waals surface area contributed by atoms with Crippen LogP contribution in [0.4, 0.5) is 11.4 Å². The maximum atomic E-state index is 5.61. The Balaban J connectivity index is 2.09. The molecule has 2 aromatic carbocycles. The van der Waals surface area contributed by atoms with Gasteiger partial charge in [-0.1, -0.05) is 12.1 Å². The molecule has 3 rings (SSSR count). The zero-order valence-corrected chi connectivity index (χ0v) is 13.6. The van der Waals surface area contributed by atoms with Crippen LogP contribution in [0, 0.1) is 6.92 Å². The molecule has 1 N–H and O–H groups in total. The zero-order valence-electron chi connectivity index (χ0n) is 13.6. The van der Waals surface area contributed by atoms with Crippen molar-refractivity contribution in [3.05, 3.63) is 54.2 Å². The minimum atomic E-state index is 0.639. The number of para-hydroxylation sites is 2. The normalized spacial score (nSPS) is 10.6. The average Bonchev–Trinajstić information content (AvgIpc) is 2.56. The molecule has 0 spiro atoms. The molecule has 0 unspecified atom stereocenters. The van der Waals surface area contributed by atoms with Crippen LogP contribution in [0.5, 0.6) is 11.5 Å². The van der Waals surface area contributed by atoms with Crippen LogP contribution in [0.15, 0.2) is 48.5 Å². The summed E-state index contributed by atoms with van der Waals surface area (Å²) >= 11 is 0. The predicted molar refractivity (Wildman–Crippen MR) is 93.9 cm³/mol. The zero-order chi connectivity index (χ0) is 16.2. The van der Waals surface area contributed by atoms with Crippen molar-refractivity contribution in [1.82, 2.24) is 4.98 Å². The Hall–Kier alpha value is -2.75. The van der Waals surface area contributed by atoms with Crippen LogP contribution in [-0.2, 0) is 0 Å². The van der Waals surface area contributed by atoms with Gasteiger partial charge < -0.3 is 14.8 Å². The van der Waals surface area contributed by atoms with E-state index in [9.17, 15) is 0 Å². The van der Waals surface area contributed by atoms with Gasteiger partial charge in [-0.25, -0.2) is 0 Å². The van der Waals surface area contributed by atoms with E-state index in [1.165, 1.54) is 0 Å². The van der Waals surface area contributed by atoms with Gasteiger partial charge in [0.2, 0.25) is 0 Å². The third-order valence-electron chi connectivity index (χ3n) is 3.60. The van der Waals surface area contributed by atoms with E-state index in [1.807, 2.05) is 62.4 Å². The highest BCUT2D eigenvalue weighted by molar-refractivity contribution is 5.94. The van der Waals surface area contributed by atoms with E-state index in [2.05, 4.69) is 10.3 Å². The minimum Gasteiger partial charge on any atom is -0.495 e. The lowest BCUT2D eigenvalue weighted by atomic mass is 10.1. The lowest BCUT2D eigenvalue weighted by Crippen LogP contribution is -1.98. The van der Waals surface area contributed by atoms with Crippen molar-refractivity contribution in [3.63, 3.8) is 0 Å². The van der Waals surface area contributed by atoms with Crippen molar-refractivity contribution < 1.29 is 9.47 Å². The van der Waals surface area contributed by atoms with Gasteiger partial charge in [0.05, 0.1) is 24.9 Å². The van der Waals surface area contributed by atoms with Crippen LogP contribution in [0.1, 0.15) is 12.6 Å². The minimum absolute atomic E-state index is 0.639. The van der Waals surface area contributed by atoms with E-state index in [1.54, 1.807) is 7.11 Å². The van der Waals surface area contributed by atoms with Crippen LogP contribution >= 0.6 is 0 Å². The number of rotatable bonds is 5. The molecule has 0 atom stereocenters. The van der Waals surface area contributed by atoms with Gasteiger partial charge in [0.1, 0.15) is 11.5 Å². The first kappa shape index (κ1) is 15.2. The summed E-state index contributed by atoms with van der Waals surface area (Å²) < 4.78 is 11.0. The molecule has 3 aromatic rings. The SMILES string of the molecule is CCOc1ccc2nc(C)cc(Nc3ccccc3OC)c2c1. The van der Waals surface area contributed by atoms with Crippen molar-refractivity contribution in [2.45, 2.75) is 13.8 Å². The molecule has 0 bridgehead atoms. The number of pyridine rings is 1. The molecule has 0 fully saturated rings. The molecule has 118 valence electrons. The fourth-order valence-corrected chi connectivity index (χ4v) is 2.59. The number of aromatic nitrogens is 1. The summed E-state index contributed by atoms with van der Waals surface area (Å²) in [5, 5.41) is 4.48. The van der Waals surface area contributed by atoms with E-state index in [4.69, 9.17) is 9.47 Å². The number of benzene rings is 2. The van der Waals surface area contributed by atoms with Crippen LogP contribution in [0.2, 0.25) is 0 Å². The number of nitrogens with zero attached hydrogens (tertiary/aromatic N) is 1. The standard InChI is InChI=1S/C19H20N2O2/c1-4-23-14-9-10-16-15(12-14)18(11-13(2)20-16)21-17-7-5-6-8-19(17)22-3/h5-12H,4H2,1-3H3,(H,20,21). The number of hydrogen-bond acceptors (Lipinski definition) is 4. The van der Waals surface area contributed by atoms with Gasteiger partial charge in [-0.2, -0.15) is 0 Å². The molecule has 0 aliphatic rings. The summed E-state index contributed by atoms with van der Waals surface area (Å²) in [5.41, 5.74) is 3.80. The fraction of sp³-hybridized carbons (Fsp3) is 0.211. The second kappa shape index (κ2) is 6.57. The van der Waals surface area contributed by atoms with Crippen molar-refractivity contribution in [3.8, 4) is 11.5 Å². The number of ether oxygens (including phenoxy) is 2. The Kier molecular flexibility index (Phi) is 4.33. The summed E-state index contributed by atoms with van der Waals surface area (Å²) in [7, 11) is 1.67. The fourth-order valence-electron chi connectivity index (χ4n) is 2.59. The Bertz CT molecular complexity index is 831. The highest BCUT2D eigenvalue weighted by atomic mass is 16.5. The predicted octanol–water partition coefficient (Wildman–Crippen LogP) is 4.69. The van der Waals surface area contributed by atoms with E-state index < -0.39 is 0 Å². The molecular weight excluding hydrogens is 288 g/mol. The average molecular weight is 308 g/mol. The van der Waals surface area contributed by atoms with Gasteiger partial charge >= 0.3 is 0 Å². The van der Waals surface area contributed by atoms with Gasteiger partial charge in [-0.15, -0.1) is 0 Å². The number of hydrogen-bond donors (Lipinski definition) is 1. The highest BCUT2D eigenvalue weighted by Gasteiger charge is 2.08. The van der Waals surface area contributed by atoms with E-state index in [0.29, 0.717) is 6.61 Å². The first-order chi connectivity index (χ1) is 11.2. The van der Waals surface area contributed by atoms with Gasteiger partial charge in [0.15, 0.2) is 0 Å². The molecule has 0 saturated heterocycles. The largest absolute Gasteiger partial charge is 0.495 e. The first-order valence-electron chi connectivity index (χ1n) is 7.65. The lowest BCUT2D eigenvalue weighted by molar-refractivity contribution is 0.340. The van der Waals surface area contributed by atoms with Crippen molar-refractivity contribution in [2.24, 2.45) is 0 Å². The molecule has 4 heteroatoms. The number of methoxy groups -OCH3 is 1. The summed E-state index contributed by atoms with van der Waals surface area (Å²) in [5.74, 6) is 1.64. The van der Waals surface area contributed by atoms with E-state index in [-0.39, 0.29) is 0 Å². The number of aryl methyl sites for hydroxylation is 1. The molecule has 0 aliphatic heterocycles. The van der Waals surface area contributed by atoms with Crippen LogP contribution in [-0.4, -0.2) is 18.7 Å². The number of fused-ring (bicyclic) bond motifs is 1. The number of anilines is 2. The second-order valence-corrected chi connectivity index (χ2v) is 5.25. The highest BCUT2D eigenvalue weighted by Crippen LogP contribution is 2.32. The molecule has 1 heterocycles. The molecule has 0 aliphatic carbocycles. The summed E-state index contributed by atoms with van der Waals surface area (Å²) in [6.45, 7) is 4.61. The van der Waals surface area contributed by atoms with Crippen LogP contribution in [0.25, 0.3) is 10.9 Å². The van der Waals surface area contributed by atoms with Crippen molar-refractivity contribution >= 4 is 22.3 Å². The third-order valence-corrected chi connectivity index (χ3v) is 3.60. The Morgan fingerprint density at radius 1 is 1.04 bits per heavy atom. The maximum absolute atomic E-state index is 5.61. The topological polar surface area (TPSA) is 43.4 Å². The quantitative estimate of drug-likeness (QED) is 0.742. The van der Waals surface area contributed by atoms with Crippen molar-refractivity contribution in [2.75, 3.05) is 19.0 Å². The molecule has 0 radical (unpaired) electrons. The summed E-state index contributed by atoms with van der Waals surface area (Å²) in [6, 6.07) is 15.8. The lowest BCUT2D eigenvalue weighted by Gasteiger charge is -2.14. The maximum Gasteiger partial charge on any atom is 0.142 e. The van der Waals surface area contributed by atoms with Gasteiger partial charge in [0.25, 0.3) is 0 Å². The van der Waals surface area contributed by atoms with Crippen LogP contribution in [0.3, 0.4) is 0 Å². The Morgan fingerprint density at radius 3 is 2.65 bits per heavy atom. The second-order valence-electron chi connectivity index (χ2n) is 5.25. The van der Waals surface area contributed by atoms with E-state index in [0.717, 1.165) is 39.5 Å². The van der Waals surface area contributed by atoms with Gasteiger partial charge in [-0.3, -0.25) is 4.98 Å². The smallest absolute Gasteiger partial charge is 0.142 e. The molecular formula is C19H20N2O2. The van der Waals surface area contributed by atoms with E-state index >= 15 is 0 Å². The third kappa shape index (κ3) is 3.21. The monoisotopic (exact) mass is 308 g/mol. The molecule has 0 amide bonds. The van der Waals surface area contributed by atoms with Crippen LogP contribution < -0.4 is 14.8 Å². The molecule has 23 heavy (non-hydrogen) atoms. The Morgan fingerprint density at radius 2 is 1.87 bits per heavy atom. The van der Waals surface area contributed by atoms with Gasteiger partial charge in [0, 0.05) is 16.8 Å². The molecule has 4 nitrogen and oxygen atoms in total. The first-order valence-corrected chi connectivity index (χ1v) is 7.65. The molecule has 1 aromatic heterocycles. The summed E-state index contributed by atoms with van der Waals surface area (Å²) in [6.07, 6.45) is 0. The number of nitrogens with one attached hydrogen (secondary N) is 1.